The summed E-state index contributed by atoms with van der Waals surface area (Å²) in [5.74, 6) is -0.0301. The maximum atomic E-state index is 10.7. The van der Waals surface area contributed by atoms with Crippen molar-refractivity contribution in [3.8, 4) is 0 Å². The number of carbonyl (C=O) groups is 1. The van der Waals surface area contributed by atoms with Gasteiger partial charge in [0.15, 0.2) is 0 Å². The quantitative estimate of drug-likeness (QED) is 0.668. The van der Waals surface area contributed by atoms with E-state index in [0.29, 0.717) is 11.8 Å². The van der Waals surface area contributed by atoms with Crippen LogP contribution < -0.4 is 5.73 Å². The van der Waals surface area contributed by atoms with E-state index in [9.17, 15) is 4.79 Å². The van der Waals surface area contributed by atoms with Crippen LogP contribution in [0.1, 0.15) is 26.2 Å². The summed E-state index contributed by atoms with van der Waals surface area (Å²) in [5.41, 5.74) is 5.42. The minimum atomic E-state index is -0.725. The molecule has 0 aromatic heterocycles. The smallest absolute Gasteiger partial charge is 0.308 e. The van der Waals surface area contributed by atoms with Crippen LogP contribution in [0.2, 0.25) is 0 Å². The van der Waals surface area contributed by atoms with E-state index < -0.39 is 5.97 Å². The molecule has 3 nitrogen and oxygen atoms in total. The van der Waals surface area contributed by atoms with Gasteiger partial charge in [-0.15, -0.1) is 0 Å². The van der Waals surface area contributed by atoms with Gasteiger partial charge in [-0.3, -0.25) is 4.79 Å². The molecule has 12 heavy (non-hydrogen) atoms. The van der Waals surface area contributed by atoms with Crippen molar-refractivity contribution < 1.29 is 9.90 Å². The van der Waals surface area contributed by atoms with Crippen molar-refractivity contribution in [3.05, 3.63) is 0 Å². The Morgan fingerprint density at radius 3 is 2.67 bits per heavy atom. The number of nitrogens with two attached hydrogens (primary N) is 1. The van der Waals surface area contributed by atoms with E-state index in [0.717, 1.165) is 19.3 Å². The monoisotopic (exact) mass is 171 g/mol. The maximum Gasteiger partial charge on any atom is 0.308 e. The van der Waals surface area contributed by atoms with Crippen LogP contribution in [0, 0.1) is 17.8 Å². The van der Waals surface area contributed by atoms with E-state index >= 15 is 0 Å². The van der Waals surface area contributed by atoms with Crippen LogP contribution in [-0.2, 0) is 4.79 Å². The van der Waals surface area contributed by atoms with Crippen LogP contribution in [0.15, 0.2) is 0 Å². The molecule has 0 spiro atoms. The number of rotatable bonds is 3. The second-order valence-corrected chi connectivity index (χ2v) is 3.86. The zero-order chi connectivity index (χ0) is 9.14. The highest BCUT2D eigenvalue weighted by atomic mass is 16.4. The van der Waals surface area contributed by atoms with Crippen LogP contribution >= 0.6 is 0 Å². The average molecular weight is 171 g/mol. The van der Waals surface area contributed by atoms with Gasteiger partial charge in [-0.05, 0) is 24.7 Å². The molecule has 1 rings (SSSR count). The topological polar surface area (TPSA) is 63.3 Å². The molecule has 0 aromatic rings. The van der Waals surface area contributed by atoms with Crippen molar-refractivity contribution in [2.45, 2.75) is 26.2 Å². The summed E-state index contributed by atoms with van der Waals surface area (Å²) < 4.78 is 0. The van der Waals surface area contributed by atoms with E-state index in [1.54, 1.807) is 0 Å². The van der Waals surface area contributed by atoms with Gasteiger partial charge < -0.3 is 10.8 Å². The number of carboxylic acid groups (broad SMARTS) is 1. The van der Waals surface area contributed by atoms with Gasteiger partial charge in [0.2, 0.25) is 0 Å². The predicted molar refractivity (Wildman–Crippen MR) is 46.7 cm³/mol. The molecule has 1 aliphatic rings. The van der Waals surface area contributed by atoms with Crippen molar-refractivity contribution in [2.24, 2.45) is 23.5 Å². The third-order valence-electron chi connectivity index (χ3n) is 2.88. The number of hydrogen-bond acceptors (Lipinski definition) is 2. The van der Waals surface area contributed by atoms with Crippen LogP contribution in [0.4, 0.5) is 0 Å². The molecule has 1 fully saturated rings. The maximum absolute atomic E-state index is 10.7. The molecule has 0 amide bonds. The van der Waals surface area contributed by atoms with Gasteiger partial charge in [0.05, 0.1) is 5.92 Å². The molecule has 3 heteroatoms. The highest BCUT2D eigenvalue weighted by Crippen LogP contribution is 2.35. The minimum absolute atomic E-state index is 0.284. The van der Waals surface area contributed by atoms with Gasteiger partial charge in [-0.25, -0.2) is 0 Å². The fraction of sp³-hybridized carbons (Fsp3) is 0.889. The fourth-order valence-electron chi connectivity index (χ4n) is 2.11. The van der Waals surface area contributed by atoms with Crippen molar-refractivity contribution in [1.82, 2.24) is 0 Å². The Bertz CT molecular complexity index is 170. The summed E-state index contributed by atoms with van der Waals surface area (Å²) in [6, 6.07) is 0. The van der Waals surface area contributed by atoms with Crippen molar-refractivity contribution >= 4 is 5.97 Å². The predicted octanol–water partition coefficient (Wildman–Crippen LogP) is 1.08. The lowest BCUT2D eigenvalue weighted by Gasteiger charge is -2.16. The molecule has 0 saturated heterocycles. The van der Waals surface area contributed by atoms with Crippen molar-refractivity contribution in [2.75, 3.05) is 6.54 Å². The summed E-state index contributed by atoms with van der Waals surface area (Å²) in [6.07, 6.45) is 3.23. The van der Waals surface area contributed by atoms with E-state index in [4.69, 9.17) is 10.8 Å². The molecule has 3 N–H and O–H groups in total. The lowest BCUT2D eigenvalue weighted by atomic mass is 9.90. The number of hydrogen-bond donors (Lipinski definition) is 2. The lowest BCUT2D eigenvalue weighted by molar-refractivity contribution is -0.143. The largest absolute Gasteiger partial charge is 0.481 e. The van der Waals surface area contributed by atoms with Gasteiger partial charge in [0.1, 0.15) is 0 Å². The van der Waals surface area contributed by atoms with Crippen LogP contribution in [0.25, 0.3) is 0 Å². The van der Waals surface area contributed by atoms with Crippen LogP contribution in [0.5, 0.6) is 0 Å². The summed E-state index contributed by atoms with van der Waals surface area (Å²) in [4.78, 5) is 10.7. The molecular weight excluding hydrogens is 154 g/mol. The minimum Gasteiger partial charge on any atom is -0.481 e. The summed E-state index contributed by atoms with van der Waals surface area (Å²) in [6.45, 7) is 2.46. The molecule has 1 saturated carbocycles. The first kappa shape index (κ1) is 9.52. The Balaban J connectivity index is 2.49. The molecule has 3 unspecified atom stereocenters. The Hall–Kier alpha value is -0.570. The third kappa shape index (κ3) is 1.97. The fourth-order valence-corrected chi connectivity index (χ4v) is 2.11. The zero-order valence-corrected chi connectivity index (χ0v) is 7.49. The number of carboxylic acids is 1. The molecule has 1 aliphatic carbocycles. The SMILES string of the molecule is CC1CCC(C(CN)C(=O)O)C1. The van der Waals surface area contributed by atoms with Crippen LogP contribution in [0.3, 0.4) is 0 Å². The van der Waals surface area contributed by atoms with E-state index in [2.05, 4.69) is 6.92 Å². The van der Waals surface area contributed by atoms with Gasteiger partial charge in [0, 0.05) is 6.54 Å². The Morgan fingerprint density at radius 1 is 1.67 bits per heavy atom. The molecule has 0 aliphatic heterocycles. The Morgan fingerprint density at radius 2 is 2.33 bits per heavy atom. The van der Waals surface area contributed by atoms with Gasteiger partial charge in [0.25, 0.3) is 0 Å². The lowest BCUT2D eigenvalue weighted by Crippen LogP contribution is -2.29. The Kier molecular flexibility index (Phi) is 3.09. The van der Waals surface area contributed by atoms with E-state index in [1.165, 1.54) is 0 Å². The molecule has 70 valence electrons. The first-order valence-corrected chi connectivity index (χ1v) is 4.58. The molecule has 3 atom stereocenters. The third-order valence-corrected chi connectivity index (χ3v) is 2.88. The van der Waals surface area contributed by atoms with Gasteiger partial charge in [-0.2, -0.15) is 0 Å². The first-order valence-electron chi connectivity index (χ1n) is 4.58. The summed E-state index contributed by atoms with van der Waals surface area (Å²) >= 11 is 0. The highest BCUT2D eigenvalue weighted by molar-refractivity contribution is 5.70. The van der Waals surface area contributed by atoms with Gasteiger partial charge in [-0.1, -0.05) is 13.3 Å². The summed E-state index contributed by atoms with van der Waals surface area (Å²) in [5, 5.41) is 8.84. The molecular formula is C9H17NO2. The number of aliphatic carboxylic acids is 1. The van der Waals surface area contributed by atoms with Crippen molar-refractivity contribution in [1.29, 1.82) is 0 Å². The van der Waals surface area contributed by atoms with E-state index in [-0.39, 0.29) is 12.5 Å². The molecule has 0 bridgehead atoms. The second-order valence-electron chi connectivity index (χ2n) is 3.86. The average Bonchev–Trinajstić information content (AvgIpc) is 2.37. The molecule has 0 aromatic carbocycles. The normalized spacial score (nSPS) is 31.8. The second kappa shape index (κ2) is 3.90. The van der Waals surface area contributed by atoms with Crippen molar-refractivity contribution in [3.63, 3.8) is 0 Å². The zero-order valence-electron chi connectivity index (χ0n) is 7.49. The highest BCUT2D eigenvalue weighted by Gasteiger charge is 2.31. The molecule has 0 heterocycles. The standard InChI is InChI=1S/C9H17NO2/c1-6-2-3-7(4-6)8(5-10)9(11)12/h6-8H,2-5,10H2,1H3,(H,11,12). The first-order chi connectivity index (χ1) is 5.65. The van der Waals surface area contributed by atoms with E-state index in [1.807, 2.05) is 0 Å². The summed E-state index contributed by atoms with van der Waals surface area (Å²) in [7, 11) is 0. The Labute approximate surface area is 72.9 Å². The van der Waals surface area contributed by atoms with Gasteiger partial charge >= 0.3 is 5.97 Å². The van der Waals surface area contributed by atoms with Crippen LogP contribution in [-0.4, -0.2) is 17.6 Å². The molecule has 0 radical (unpaired) electrons.